The number of morpholine rings is 1. The zero-order valence-electron chi connectivity index (χ0n) is 16.9. The molecule has 0 atom stereocenters. The highest BCUT2D eigenvalue weighted by molar-refractivity contribution is 5.61. The SMILES string of the molecule is Cc1ccc(C)c(Nc2nccn2-c2cc(NCCN3CCOCC3)ncn2)c1. The van der Waals surface area contributed by atoms with Crippen LogP contribution in [0.3, 0.4) is 0 Å². The average Bonchev–Trinajstić information content (AvgIpc) is 3.20. The van der Waals surface area contributed by atoms with Crippen molar-refractivity contribution in [2.24, 2.45) is 0 Å². The molecule has 1 aliphatic heterocycles. The molecule has 0 unspecified atom stereocenters. The number of aryl methyl sites for hydroxylation is 2. The summed E-state index contributed by atoms with van der Waals surface area (Å²) in [5.41, 5.74) is 3.40. The third kappa shape index (κ3) is 4.90. The van der Waals surface area contributed by atoms with E-state index < -0.39 is 0 Å². The Labute approximate surface area is 171 Å². The Morgan fingerprint density at radius 3 is 2.79 bits per heavy atom. The number of nitrogens with one attached hydrogen (secondary N) is 2. The molecule has 1 fully saturated rings. The topological polar surface area (TPSA) is 80.1 Å². The van der Waals surface area contributed by atoms with E-state index in [0.29, 0.717) is 0 Å². The first-order valence-electron chi connectivity index (χ1n) is 9.93. The molecule has 0 saturated carbocycles. The van der Waals surface area contributed by atoms with Crippen molar-refractivity contribution in [1.29, 1.82) is 0 Å². The van der Waals surface area contributed by atoms with Gasteiger partial charge in [0.2, 0.25) is 5.95 Å². The van der Waals surface area contributed by atoms with Crippen molar-refractivity contribution < 1.29 is 4.74 Å². The summed E-state index contributed by atoms with van der Waals surface area (Å²) in [6.45, 7) is 9.55. The number of hydrogen-bond acceptors (Lipinski definition) is 7. The van der Waals surface area contributed by atoms with Gasteiger partial charge in [-0.1, -0.05) is 12.1 Å². The zero-order valence-corrected chi connectivity index (χ0v) is 16.9. The van der Waals surface area contributed by atoms with Crippen LogP contribution in [-0.2, 0) is 4.74 Å². The first kappa shape index (κ1) is 19.4. The normalized spacial score (nSPS) is 14.7. The lowest BCUT2D eigenvalue weighted by atomic mass is 10.1. The van der Waals surface area contributed by atoms with Gasteiger partial charge < -0.3 is 15.4 Å². The Bertz CT molecular complexity index is 950. The Morgan fingerprint density at radius 1 is 1.07 bits per heavy atom. The monoisotopic (exact) mass is 393 g/mol. The molecule has 0 spiro atoms. The van der Waals surface area contributed by atoms with Gasteiger partial charge in [0, 0.05) is 50.3 Å². The standard InChI is InChI=1S/C21H27N7O/c1-16-3-4-17(2)18(13-16)26-21-23-6-8-28(21)20-14-19(24-15-25-20)22-5-7-27-9-11-29-12-10-27/h3-4,6,8,13-15H,5,7,9-12H2,1-2H3,(H,23,26)(H,22,24,25). The highest BCUT2D eigenvalue weighted by Crippen LogP contribution is 2.22. The summed E-state index contributed by atoms with van der Waals surface area (Å²) < 4.78 is 7.32. The molecular weight excluding hydrogens is 366 g/mol. The van der Waals surface area contributed by atoms with E-state index in [0.717, 1.165) is 62.7 Å². The van der Waals surface area contributed by atoms with Crippen molar-refractivity contribution in [1.82, 2.24) is 24.4 Å². The maximum absolute atomic E-state index is 5.39. The average molecular weight is 393 g/mol. The fourth-order valence-electron chi connectivity index (χ4n) is 3.31. The molecule has 0 amide bonds. The minimum Gasteiger partial charge on any atom is -0.379 e. The van der Waals surface area contributed by atoms with Gasteiger partial charge in [0.05, 0.1) is 13.2 Å². The fraction of sp³-hybridized carbons (Fsp3) is 0.381. The number of rotatable bonds is 7. The predicted molar refractivity (Wildman–Crippen MR) is 114 cm³/mol. The van der Waals surface area contributed by atoms with E-state index in [1.807, 2.05) is 16.8 Å². The molecule has 2 N–H and O–H groups in total. The lowest BCUT2D eigenvalue weighted by Crippen LogP contribution is -2.39. The van der Waals surface area contributed by atoms with Crippen LogP contribution in [0, 0.1) is 13.8 Å². The maximum atomic E-state index is 5.39. The summed E-state index contributed by atoms with van der Waals surface area (Å²) >= 11 is 0. The second-order valence-corrected chi connectivity index (χ2v) is 7.21. The summed E-state index contributed by atoms with van der Waals surface area (Å²) in [5.74, 6) is 2.28. The van der Waals surface area contributed by atoms with Gasteiger partial charge in [-0.2, -0.15) is 0 Å². The predicted octanol–water partition coefficient (Wildman–Crippen LogP) is 2.77. The van der Waals surface area contributed by atoms with Crippen molar-refractivity contribution >= 4 is 17.5 Å². The molecule has 2 aromatic heterocycles. The number of ether oxygens (including phenoxy) is 1. The molecule has 8 nitrogen and oxygen atoms in total. The van der Waals surface area contributed by atoms with Gasteiger partial charge in [-0.25, -0.2) is 15.0 Å². The van der Waals surface area contributed by atoms with E-state index in [9.17, 15) is 0 Å². The van der Waals surface area contributed by atoms with Crippen molar-refractivity contribution in [2.45, 2.75) is 13.8 Å². The third-order valence-corrected chi connectivity index (χ3v) is 5.02. The van der Waals surface area contributed by atoms with Crippen LogP contribution in [0.15, 0.2) is 43.0 Å². The van der Waals surface area contributed by atoms with Gasteiger partial charge in [-0.05, 0) is 31.0 Å². The van der Waals surface area contributed by atoms with Crippen LogP contribution >= 0.6 is 0 Å². The summed E-state index contributed by atoms with van der Waals surface area (Å²) in [6.07, 6.45) is 5.24. The van der Waals surface area contributed by atoms with Gasteiger partial charge in [-0.15, -0.1) is 0 Å². The van der Waals surface area contributed by atoms with Gasteiger partial charge in [0.25, 0.3) is 0 Å². The Balaban J connectivity index is 1.44. The fourth-order valence-corrected chi connectivity index (χ4v) is 3.31. The largest absolute Gasteiger partial charge is 0.379 e. The first-order valence-corrected chi connectivity index (χ1v) is 9.93. The molecule has 8 heteroatoms. The van der Waals surface area contributed by atoms with E-state index in [1.54, 1.807) is 12.5 Å². The van der Waals surface area contributed by atoms with E-state index in [4.69, 9.17) is 4.74 Å². The summed E-state index contributed by atoms with van der Waals surface area (Å²) in [6, 6.07) is 8.26. The van der Waals surface area contributed by atoms with E-state index >= 15 is 0 Å². The minimum absolute atomic E-state index is 0.719. The minimum atomic E-state index is 0.719. The van der Waals surface area contributed by atoms with Gasteiger partial charge in [0.15, 0.2) is 0 Å². The van der Waals surface area contributed by atoms with Crippen LogP contribution < -0.4 is 10.6 Å². The van der Waals surface area contributed by atoms with Crippen molar-refractivity contribution in [3.05, 3.63) is 54.1 Å². The molecule has 1 saturated heterocycles. The number of hydrogen-bond donors (Lipinski definition) is 2. The molecule has 4 rings (SSSR count). The number of anilines is 3. The summed E-state index contributed by atoms with van der Waals surface area (Å²) in [4.78, 5) is 15.6. The second-order valence-electron chi connectivity index (χ2n) is 7.21. The Hall–Kier alpha value is -2.97. The highest BCUT2D eigenvalue weighted by atomic mass is 16.5. The number of nitrogens with zero attached hydrogens (tertiary/aromatic N) is 5. The maximum Gasteiger partial charge on any atom is 0.213 e. The third-order valence-electron chi connectivity index (χ3n) is 5.02. The van der Waals surface area contributed by atoms with Crippen LogP contribution in [0.4, 0.5) is 17.5 Å². The Kier molecular flexibility index (Phi) is 6.02. The molecule has 3 heterocycles. The molecule has 3 aromatic rings. The number of aromatic nitrogens is 4. The molecule has 0 aliphatic carbocycles. The van der Waals surface area contributed by atoms with Crippen LogP contribution in [0.25, 0.3) is 5.82 Å². The second kappa shape index (κ2) is 9.02. The molecule has 0 bridgehead atoms. The first-order chi connectivity index (χ1) is 14.2. The van der Waals surface area contributed by atoms with Crippen LogP contribution in [0.1, 0.15) is 11.1 Å². The molecular formula is C21H27N7O. The quantitative estimate of drug-likeness (QED) is 0.639. The van der Waals surface area contributed by atoms with Crippen LogP contribution in [0.5, 0.6) is 0 Å². The van der Waals surface area contributed by atoms with Gasteiger partial charge >= 0.3 is 0 Å². The van der Waals surface area contributed by atoms with Crippen LogP contribution in [0.2, 0.25) is 0 Å². The van der Waals surface area contributed by atoms with E-state index in [2.05, 4.69) is 62.5 Å². The van der Waals surface area contributed by atoms with Crippen molar-refractivity contribution in [3.8, 4) is 5.82 Å². The Morgan fingerprint density at radius 2 is 1.93 bits per heavy atom. The molecule has 29 heavy (non-hydrogen) atoms. The van der Waals surface area contributed by atoms with Crippen LogP contribution in [-0.4, -0.2) is 63.8 Å². The van der Waals surface area contributed by atoms with Crippen molar-refractivity contribution in [3.63, 3.8) is 0 Å². The molecule has 0 radical (unpaired) electrons. The van der Waals surface area contributed by atoms with Gasteiger partial charge in [0.1, 0.15) is 18.0 Å². The summed E-state index contributed by atoms with van der Waals surface area (Å²) in [7, 11) is 0. The smallest absolute Gasteiger partial charge is 0.213 e. The molecule has 1 aliphatic rings. The lowest BCUT2D eigenvalue weighted by Gasteiger charge is -2.26. The lowest BCUT2D eigenvalue weighted by molar-refractivity contribution is 0.0398. The number of benzene rings is 1. The molecule has 152 valence electrons. The highest BCUT2D eigenvalue weighted by Gasteiger charge is 2.11. The van der Waals surface area contributed by atoms with Gasteiger partial charge in [-0.3, -0.25) is 9.47 Å². The zero-order chi connectivity index (χ0) is 20.1. The van der Waals surface area contributed by atoms with E-state index in [1.165, 1.54) is 11.1 Å². The number of imidazole rings is 1. The molecule has 1 aromatic carbocycles. The van der Waals surface area contributed by atoms with Crippen molar-refractivity contribution in [2.75, 3.05) is 50.0 Å². The van der Waals surface area contributed by atoms with E-state index in [-0.39, 0.29) is 0 Å². The summed E-state index contributed by atoms with van der Waals surface area (Å²) in [5, 5.41) is 6.81.